The fourth-order valence-corrected chi connectivity index (χ4v) is 3.62. The molecule has 0 amide bonds. The molecule has 1 aromatic carbocycles. The molecule has 0 unspecified atom stereocenters. The second kappa shape index (κ2) is 6.11. The van der Waals surface area contributed by atoms with Gasteiger partial charge in [-0.25, -0.2) is 0 Å². The Balaban J connectivity index is 1.71. The van der Waals surface area contributed by atoms with Crippen LogP contribution in [-0.2, 0) is 0 Å². The minimum atomic E-state index is 0.714. The largest absolute Gasteiger partial charge is 0.354 e. The summed E-state index contributed by atoms with van der Waals surface area (Å²) in [7, 11) is 0. The van der Waals surface area contributed by atoms with Gasteiger partial charge in [-0.15, -0.1) is 11.3 Å². The Hall–Kier alpha value is -1.79. The van der Waals surface area contributed by atoms with Crippen molar-refractivity contribution in [3.63, 3.8) is 0 Å². The van der Waals surface area contributed by atoms with E-state index in [1.54, 1.807) is 11.3 Å². The quantitative estimate of drug-likeness (QED) is 0.816. The number of thiophene rings is 1. The number of anilines is 2. The van der Waals surface area contributed by atoms with Crippen LogP contribution in [0.3, 0.4) is 0 Å². The van der Waals surface area contributed by atoms with Gasteiger partial charge in [-0.05, 0) is 36.5 Å². The Labute approximate surface area is 124 Å². The lowest BCUT2D eigenvalue weighted by atomic mass is 9.84. The summed E-state index contributed by atoms with van der Waals surface area (Å²) in [5.74, 6) is 0.744. The summed E-state index contributed by atoms with van der Waals surface area (Å²) in [5.41, 5.74) is 4.13. The van der Waals surface area contributed by atoms with Crippen molar-refractivity contribution in [2.45, 2.75) is 38.0 Å². The molecule has 2 nitrogen and oxygen atoms in total. The smallest absolute Gasteiger partial charge is 0.102 e. The van der Waals surface area contributed by atoms with Crippen molar-refractivity contribution in [1.29, 1.82) is 5.26 Å². The minimum Gasteiger partial charge on any atom is -0.354 e. The van der Waals surface area contributed by atoms with E-state index >= 15 is 0 Å². The summed E-state index contributed by atoms with van der Waals surface area (Å²) in [6.45, 7) is 0. The molecule has 0 atom stereocenters. The summed E-state index contributed by atoms with van der Waals surface area (Å²) >= 11 is 1.55. The van der Waals surface area contributed by atoms with Gasteiger partial charge >= 0.3 is 0 Å². The topological polar surface area (TPSA) is 35.8 Å². The van der Waals surface area contributed by atoms with E-state index in [2.05, 4.69) is 35.7 Å². The van der Waals surface area contributed by atoms with E-state index in [0.717, 1.165) is 17.3 Å². The van der Waals surface area contributed by atoms with E-state index < -0.39 is 0 Å². The van der Waals surface area contributed by atoms with Crippen molar-refractivity contribution < 1.29 is 0 Å². The van der Waals surface area contributed by atoms with Gasteiger partial charge < -0.3 is 5.32 Å². The number of rotatable bonds is 3. The third-order valence-corrected chi connectivity index (χ3v) is 4.79. The second-order valence-corrected chi connectivity index (χ2v) is 6.14. The first-order valence-electron chi connectivity index (χ1n) is 7.20. The molecule has 0 spiro atoms. The summed E-state index contributed by atoms with van der Waals surface area (Å²) < 4.78 is 0. The van der Waals surface area contributed by atoms with Crippen LogP contribution in [0.25, 0.3) is 0 Å². The van der Waals surface area contributed by atoms with Crippen LogP contribution in [0.5, 0.6) is 0 Å². The standard InChI is InChI=1S/C17H18N2S/c18-10-15-11-20-12-17(15)19-16-8-6-14(7-9-16)13-4-2-1-3-5-13/h6-9,11-13,19H,1-5H2. The molecule has 0 saturated heterocycles. The molecule has 1 heterocycles. The number of hydrogen-bond donors (Lipinski definition) is 1. The summed E-state index contributed by atoms with van der Waals surface area (Å²) in [6.07, 6.45) is 6.78. The molecule has 1 N–H and O–H groups in total. The molecule has 0 aliphatic heterocycles. The molecule has 3 rings (SSSR count). The van der Waals surface area contributed by atoms with E-state index in [1.165, 1.54) is 37.7 Å². The highest BCUT2D eigenvalue weighted by atomic mass is 32.1. The average molecular weight is 282 g/mol. The van der Waals surface area contributed by atoms with Crippen molar-refractivity contribution in [1.82, 2.24) is 0 Å². The third-order valence-electron chi connectivity index (χ3n) is 4.05. The van der Waals surface area contributed by atoms with Gasteiger partial charge in [-0.2, -0.15) is 5.26 Å². The number of benzene rings is 1. The molecule has 20 heavy (non-hydrogen) atoms. The monoisotopic (exact) mass is 282 g/mol. The van der Waals surface area contributed by atoms with Crippen LogP contribution in [0.4, 0.5) is 11.4 Å². The molecule has 102 valence electrons. The van der Waals surface area contributed by atoms with Gasteiger partial charge in [0.25, 0.3) is 0 Å². The number of nitrogens with zero attached hydrogens (tertiary/aromatic N) is 1. The van der Waals surface area contributed by atoms with E-state index in [-0.39, 0.29) is 0 Å². The fourth-order valence-electron chi connectivity index (χ4n) is 2.91. The molecular formula is C17H18N2S. The fraction of sp³-hybridized carbons (Fsp3) is 0.353. The lowest BCUT2D eigenvalue weighted by molar-refractivity contribution is 0.443. The van der Waals surface area contributed by atoms with Crippen LogP contribution < -0.4 is 5.32 Å². The minimum absolute atomic E-state index is 0.714. The van der Waals surface area contributed by atoms with Crippen LogP contribution >= 0.6 is 11.3 Å². The number of nitrogens with one attached hydrogen (secondary N) is 1. The van der Waals surface area contributed by atoms with Crippen molar-refractivity contribution in [3.05, 3.63) is 46.2 Å². The highest BCUT2D eigenvalue weighted by molar-refractivity contribution is 7.08. The first kappa shape index (κ1) is 13.2. The van der Waals surface area contributed by atoms with E-state index in [1.807, 2.05) is 10.8 Å². The lowest BCUT2D eigenvalue weighted by Crippen LogP contribution is -2.04. The van der Waals surface area contributed by atoms with Gasteiger partial charge in [-0.3, -0.25) is 0 Å². The molecule has 1 aliphatic rings. The van der Waals surface area contributed by atoms with Crippen LogP contribution in [0.2, 0.25) is 0 Å². The maximum atomic E-state index is 9.02. The Kier molecular flexibility index (Phi) is 4.03. The predicted octanol–water partition coefficient (Wildman–Crippen LogP) is 5.41. The maximum absolute atomic E-state index is 9.02. The van der Waals surface area contributed by atoms with Crippen LogP contribution in [-0.4, -0.2) is 0 Å². The van der Waals surface area contributed by atoms with Crippen molar-refractivity contribution in [2.24, 2.45) is 0 Å². The number of hydrogen-bond acceptors (Lipinski definition) is 3. The SMILES string of the molecule is N#Cc1cscc1Nc1ccc(C2CCCCC2)cc1. The van der Waals surface area contributed by atoms with E-state index in [0.29, 0.717) is 5.56 Å². The molecule has 1 saturated carbocycles. The zero-order chi connectivity index (χ0) is 13.8. The molecule has 1 aromatic heterocycles. The average Bonchev–Trinajstić information content (AvgIpc) is 2.96. The van der Waals surface area contributed by atoms with Crippen molar-refractivity contribution in [2.75, 3.05) is 5.32 Å². The van der Waals surface area contributed by atoms with Gasteiger partial charge in [0.15, 0.2) is 0 Å². The maximum Gasteiger partial charge on any atom is 0.102 e. The Morgan fingerprint density at radius 1 is 1.05 bits per heavy atom. The van der Waals surface area contributed by atoms with Gasteiger partial charge in [0.05, 0.1) is 11.3 Å². The van der Waals surface area contributed by atoms with Gasteiger partial charge in [0, 0.05) is 16.4 Å². The van der Waals surface area contributed by atoms with Crippen molar-refractivity contribution >= 4 is 22.7 Å². The van der Waals surface area contributed by atoms with Gasteiger partial charge in [0.2, 0.25) is 0 Å². The summed E-state index contributed by atoms with van der Waals surface area (Å²) in [5, 5.41) is 16.2. The summed E-state index contributed by atoms with van der Waals surface area (Å²) in [4.78, 5) is 0. The second-order valence-electron chi connectivity index (χ2n) is 5.39. The first-order valence-corrected chi connectivity index (χ1v) is 8.14. The lowest BCUT2D eigenvalue weighted by Gasteiger charge is -2.22. The van der Waals surface area contributed by atoms with Crippen LogP contribution in [0, 0.1) is 11.3 Å². The Morgan fingerprint density at radius 2 is 1.80 bits per heavy atom. The zero-order valence-electron chi connectivity index (χ0n) is 11.4. The molecule has 1 fully saturated rings. The van der Waals surface area contributed by atoms with E-state index in [4.69, 9.17) is 5.26 Å². The summed E-state index contributed by atoms with van der Waals surface area (Å²) in [6, 6.07) is 10.9. The molecule has 0 radical (unpaired) electrons. The van der Waals surface area contributed by atoms with Gasteiger partial charge in [0.1, 0.15) is 6.07 Å². The highest BCUT2D eigenvalue weighted by Gasteiger charge is 2.15. The zero-order valence-corrected chi connectivity index (χ0v) is 12.2. The molecular weight excluding hydrogens is 264 g/mol. The number of nitriles is 1. The third kappa shape index (κ3) is 2.86. The predicted molar refractivity (Wildman–Crippen MR) is 84.6 cm³/mol. The molecule has 0 bridgehead atoms. The normalized spacial score (nSPS) is 15.8. The molecule has 2 aromatic rings. The first-order chi connectivity index (χ1) is 9.86. The van der Waals surface area contributed by atoms with E-state index in [9.17, 15) is 0 Å². The van der Waals surface area contributed by atoms with Gasteiger partial charge in [-0.1, -0.05) is 31.4 Å². The van der Waals surface area contributed by atoms with Crippen LogP contribution in [0.1, 0.15) is 49.1 Å². The van der Waals surface area contributed by atoms with Crippen LogP contribution in [0.15, 0.2) is 35.0 Å². The molecule has 1 aliphatic carbocycles. The van der Waals surface area contributed by atoms with Crippen molar-refractivity contribution in [3.8, 4) is 6.07 Å². The highest BCUT2D eigenvalue weighted by Crippen LogP contribution is 2.33. The Bertz CT molecular complexity index is 601. The Morgan fingerprint density at radius 3 is 2.50 bits per heavy atom. The molecule has 3 heteroatoms.